The van der Waals surface area contributed by atoms with Gasteiger partial charge in [-0.3, -0.25) is 9.59 Å². The van der Waals surface area contributed by atoms with E-state index in [0.29, 0.717) is 13.1 Å². The highest BCUT2D eigenvalue weighted by atomic mass is 16.4. The Bertz CT molecular complexity index is 1950. The van der Waals surface area contributed by atoms with Crippen LogP contribution >= 0.6 is 0 Å². The molecule has 0 amide bonds. The normalized spacial score (nSPS) is 19.5. The van der Waals surface area contributed by atoms with Gasteiger partial charge in [-0.15, -0.1) is 0 Å². The lowest BCUT2D eigenvalue weighted by atomic mass is 9.70. The Morgan fingerprint density at radius 1 is 0.694 bits per heavy atom. The van der Waals surface area contributed by atoms with E-state index in [1.807, 2.05) is 0 Å². The first-order valence-corrected chi connectivity index (χ1v) is 17.6. The molecule has 0 saturated heterocycles. The Morgan fingerprint density at radius 2 is 1.22 bits per heavy atom. The molecular formula is C43H48N2O4. The second kappa shape index (κ2) is 13.9. The molecule has 6 nitrogen and oxygen atoms in total. The van der Waals surface area contributed by atoms with Gasteiger partial charge < -0.3 is 20.0 Å². The smallest absolute Gasteiger partial charge is 0.305 e. The van der Waals surface area contributed by atoms with Gasteiger partial charge in [0.25, 0.3) is 0 Å². The van der Waals surface area contributed by atoms with Crippen molar-refractivity contribution in [1.29, 1.82) is 0 Å². The zero-order valence-corrected chi connectivity index (χ0v) is 29.1. The predicted octanol–water partition coefficient (Wildman–Crippen LogP) is 9.41. The maximum absolute atomic E-state index is 11.7. The van der Waals surface area contributed by atoms with Gasteiger partial charge in [-0.1, -0.05) is 125 Å². The molecule has 0 saturated carbocycles. The van der Waals surface area contributed by atoms with E-state index < -0.39 is 11.9 Å². The van der Waals surface area contributed by atoms with Gasteiger partial charge in [0.05, 0.1) is 18.9 Å². The number of hydrogen-bond donors (Lipinski definition) is 2. The summed E-state index contributed by atoms with van der Waals surface area (Å²) in [4.78, 5) is 27.9. The summed E-state index contributed by atoms with van der Waals surface area (Å²) < 4.78 is 0. The lowest BCUT2D eigenvalue weighted by Crippen LogP contribution is -2.45. The Labute approximate surface area is 290 Å². The highest BCUT2D eigenvalue weighted by Crippen LogP contribution is 2.53. The lowest BCUT2D eigenvalue weighted by Gasteiger charge is -2.38. The predicted molar refractivity (Wildman–Crippen MR) is 202 cm³/mol. The number of allylic oxidation sites excluding steroid dienone is 4. The zero-order valence-electron chi connectivity index (χ0n) is 29.1. The fraction of sp³-hybridized carbons (Fsp3) is 0.349. The number of benzene rings is 4. The second-order valence-corrected chi connectivity index (χ2v) is 14.0. The summed E-state index contributed by atoms with van der Waals surface area (Å²) in [6.45, 7) is 9.96. The third-order valence-electron chi connectivity index (χ3n) is 11.2. The first-order chi connectivity index (χ1) is 23.6. The Balaban J connectivity index is 1.24. The van der Waals surface area contributed by atoms with Gasteiger partial charge in [0.15, 0.2) is 0 Å². The lowest BCUT2D eigenvalue weighted by molar-refractivity contribution is -0.137. The summed E-state index contributed by atoms with van der Waals surface area (Å²) in [5, 5.41) is 24.0. The summed E-state index contributed by atoms with van der Waals surface area (Å²) in [6.07, 6.45) is 15.6. The fourth-order valence-electron chi connectivity index (χ4n) is 8.84. The van der Waals surface area contributed by atoms with Crippen molar-refractivity contribution in [2.45, 2.75) is 82.7 Å². The van der Waals surface area contributed by atoms with Crippen LogP contribution in [0.1, 0.15) is 70.9 Å². The highest BCUT2D eigenvalue weighted by Gasteiger charge is 2.49. The maximum Gasteiger partial charge on any atom is 0.305 e. The number of fused-ring (bicyclic) bond motifs is 6. The third-order valence-corrected chi connectivity index (χ3v) is 11.2. The molecule has 4 aromatic carbocycles. The second-order valence-electron chi connectivity index (χ2n) is 14.0. The average molecular weight is 657 g/mol. The van der Waals surface area contributed by atoms with E-state index in [9.17, 15) is 19.8 Å². The molecule has 0 bridgehead atoms. The zero-order chi connectivity index (χ0) is 34.8. The number of aliphatic carboxylic acids is 2. The minimum absolute atomic E-state index is 0.00520. The molecule has 2 aliphatic heterocycles. The van der Waals surface area contributed by atoms with Gasteiger partial charge in [-0.25, -0.2) is 0 Å². The van der Waals surface area contributed by atoms with Crippen LogP contribution < -0.4 is 9.80 Å². The largest absolute Gasteiger partial charge is 0.481 e. The molecule has 254 valence electrons. The molecule has 0 aliphatic carbocycles. The number of carboxylic acids is 2. The van der Waals surface area contributed by atoms with Crippen LogP contribution in [0.3, 0.4) is 0 Å². The van der Waals surface area contributed by atoms with Crippen LogP contribution in [0.2, 0.25) is 0 Å². The van der Waals surface area contributed by atoms with Crippen molar-refractivity contribution in [2.75, 3.05) is 22.9 Å². The van der Waals surface area contributed by atoms with Crippen LogP contribution in [0, 0.1) is 0 Å². The van der Waals surface area contributed by atoms with Crippen molar-refractivity contribution in [3.63, 3.8) is 0 Å². The minimum atomic E-state index is -0.796. The van der Waals surface area contributed by atoms with Gasteiger partial charge >= 0.3 is 11.9 Å². The van der Waals surface area contributed by atoms with Crippen LogP contribution in [-0.4, -0.2) is 47.3 Å². The van der Waals surface area contributed by atoms with Crippen LogP contribution in [0.5, 0.6) is 0 Å². The molecule has 2 atom stereocenters. The molecule has 0 radical (unpaired) electrons. The van der Waals surface area contributed by atoms with E-state index in [1.54, 1.807) is 0 Å². The molecule has 4 aromatic rings. The number of carboxylic acid groups (broad SMARTS) is 2. The van der Waals surface area contributed by atoms with Gasteiger partial charge in [0, 0.05) is 41.3 Å². The van der Waals surface area contributed by atoms with Crippen LogP contribution in [0.15, 0.2) is 109 Å². The van der Waals surface area contributed by atoms with Crippen molar-refractivity contribution in [3.05, 3.63) is 120 Å². The Hall–Kier alpha value is -4.84. The Morgan fingerprint density at radius 3 is 1.82 bits per heavy atom. The molecule has 2 unspecified atom stereocenters. The van der Waals surface area contributed by atoms with Crippen molar-refractivity contribution in [2.24, 2.45) is 0 Å². The highest BCUT2D eigenvalue weighted by molar-refractivity contribution is 5.94. The number of anilines is 2. The van der Waals surface area contributed by atoms with Crippen LogP contribution in [-0.2, 0) is 20.4 Å². The SMILES string of the molecule is CCC1(CC)c2c(ccc3ccccc23)N(CCC(=O)O)C1C/C=C/C=C/C=C/C1N(CCC(=O)O)c2ccc3ccccc3c2C1(C)C. The minimum Gasteiger partial charge on any atom is -0.481 e. The summed E-state index contributed by atoms with van der Waals surface area (Å²) in [5.74, 6) is -1.57. The maximum atomic E-state index is 11.7. The van der Waals surface area contributed by atoms with E-state index in [2.05, 4.69) is 147 Å². The first-order valence-electron chi connectivity index (χ1n) is 17.6. The topological polar surface area (TPSA) is 81.1 Å². The summed E-state index contributed by atoms with van der Waals surface area (Å²) in [5.41, 5.74) is 4.59. The van der Waals surface area contributed by atoms with E-state index in [-0.39, 0.29) is 35.8 Å². The first kappa shape index (κ1) is 34.0. The molecule has 6 heteroatoms. The standard InChI is InChI=1S/C43H48N2O4/c1-5-43(6-2)37(45(29-27-39(48)49)35-25-23-31-17-13-15-19-33(31)41(35)43)21-11-9-7-8-10-20-36-42(3,4)40-32-18-14-12-16-30(32)22-24-34(40)44(36)28-26-38(46)47/h7-20,22-25,36-37H,5-6,21,26-29H2,1-4H3,(H,46,47)(H,48,49)/b8-7+,11-9+,20-10+. The molecule has 6 rings (SSSR count). The Kier molecular flexibility index (Phi) is 9.69. The molecule has 2 aliphatic rings. The molecule has 49 heavy (non-hydrogen) atoms. The fourth-order valence-corrected chi connectivity index (χ4v) is 8.84. The number of nitrogens with zero attached hydrogens (tertiary/aromatic N) is 2. The van der Waals surface area contributed by atoms with Gasteiger partial charge in [-0.05, 0) is 64.1 Å². The van der Waals surface area contributed by atoms with Crippen molar-refractivity contribution >= 4 is 44.9 Å². The van der Waals surface area contributed by atoms with Crippen molar-refractivity contribution < 1.29 is 19.8 Å². The van der Waals surface area contributed by atoms with Gasteiger partial charge in [0.2, 0.25) is 0 Å². The molecular weight excluding hydrogens is 608 g/mol. The summed E-state index contributed by atoms with van der Waals surface area (Å²) in [7, 11) is 0. The molecule has 2 N–H and O–H groups in total. The monoisotopic (exact) mass is 656 g/mol. The average Bonchev–Trinajstić information content (AvgIpc) is 3.50. The van der Waals surface area contributed by atoms with Crippen LogP contribution in [0.4, 0.5) is 11.4 Å². The quantitative estimate of drug-likeness (QED) is 0.140. The van der Waals surface area contributed by atoms with E-state index in [4.69, 9.17) is 0 Å². The number of rotatable bonds is 13. The number of hydrogen-bond acceptors (Lipinski definition) is 4. The van der Waals surface area contributed by atoms with Crippen LogP contribution in [0.25, 0.3) is 21.5 Å². The summed E-state index contributed by atoms with van der Waals surface area (Å²) in [6, 6.07) is 25.8. The third kappa shape index (κ3) is 6.14. The van der Waals surface area contributed by atoms with E-state index >= 15 is 0 Å². The molecule has 0 fully saturated rings. The number of carbonyl (C=O) groups is 2. The van der Waals surface area contributed by atoms with Crippen molar-refractivity contribution in [1.82, 2.24) is 0 Å². The summed E-state index contributed by atoms with van der Waals surface area (Å²) >= 11 is 0. The van der Waals surface area contributed by atoms with E-state index in [0.717, 1.165) is 24.9 Å². The van der Waals surface area contributed by atoms with Gasteiger partial charge in [0.1, 0.15) is 0 Å². The molecule has 2 heterocycles. The van der Waals surface area contributed by atoms with E-state index in [1.165, 1.54) is 38.4 Å². The van der Waals surface area contributed by atoms with Gasteiger partial charge in [-0.2, -0.15) is 0 Å². The van der Waals surface area contributed by atoms with Crippen molar-refractivity contribution in [3.8, 4) is 0 Å². The molecule has 0 aromatic heterocycles. The molecule has 0 spiro atoms.